The van der Waals surface area contributed by atoms with Crippen LogP contribution in [0, 0.1) is 0 Å². The van der Waals surface area contributed by atoms with Crippen molar-refractivity contribution < 1.29 is 5.11 Å². The second kappa shape index (κ2) is 7.77. The smallest absolute Gasteiger partial charge is 0.0705 e. The van der Waals surface area contributed by atoms with E-state index in [-0.39, 0.29) is 30.5 Å². The number of halogens is 1. The van der Waals surface area contributed by atoms with E-state index in [4.69, 9.17) is 0 Å². The zero-order valence-corrected chi connectivity index (χ0v) is 13.7. The molecule has 1 N–H and O–H groups in total. The molecule has 1 saturated heterocycles. The van der Waals surface area contributed by atoms with Gasteiger partial charge in [0.05, 0.1) is 6.10 Å². The minimum atomic E-state index is -0.269. The van der Waals surface area contributed by atoms with Gasteiger partial charge in [0.2, 0.25) is 0 Å². The molecule has 0 amide bonds. The van der Waals surface area contributed by atoms with Gasteiger partial charge in [-0.05, 0) is 37.6 Å². The van der Waals surface area contributed by atoms with Crippen molar-refractivity contribution in [3.05, 3.63) is 71.8 Å². The normalized spacial score (nSPS) is 22.3. The molecule has 1 heterocycles. The van der Waals surface area contributed by atoms with Gasteiger partial charge in [0.25, 0.3) is 0 Å². The van der Waals surface area contributed by atoms with E-state index in [0.717, 1.165) is 19.4 Å². The van der Waals surface area contributed by atoms with E-state index in [1.54, 1.807) is 0 Å². The van der Waals surface area contributed by atoms with Gasteiger partial charge in [-0.25, -0.2) is 0 Å². The second-order valence-corrected chi connectivity index (χ2v) is 5.98. The Labute approximate surface area is 139 Å². The van der Waals surface area contributed by atoms with E-state index >= 15 is 0 Å². The summed E-state index contributed by atoms with van der Waals surface area (Å²) in [6, 6.07) is 21.3. The highest BCUT2D eigenvalue weighted by Gasteiger charge is 2.35. The van der Waals surface area contributed by atoms with Crippen molar-refractivity contribution in [2.75, 3.05) is 13.6 Å². The minimum Gasteiger partial charge on any atom is -0.391 e. The minimum absolute atomic E-state index is 0. The van der Waals surface area contributed by atoms with Crippen molar-refractivity contribution in [3.63, 3.8) is 0 Å². The summed E-state index contributed by atoms with van der Waals surface area (Å²) in [5, 5.41) is 10.6. The van der Waals surface area contributed by atoms with E-state index in [2.05, 4.69) is 60.5 Å². The van der Waals surface area contributed by atoms with Crippen LogP contribution >= 0.6 is 12.4 Å². The number of piperidine rings is 1. The number of likely N-dealkylation sites (tertiary alicyclic amines) is 1. The van der Waals surface area contributed by atoms with E-state index in [1.165, 1.54) is 11.1 Å². The van der Waals surface area contributed by atoms with Crippen LogP contribution < -0.4 is 0 Å². The summed E-state index contributed by atoms with van der Waals surface area (Å²) in [6.45, 7) is 1.05. The maximum Gasteiger partial charge on any atom is 0.0705 e. The predicted octanol–water partition coefficient (Wildman–Crippen LogP) is 3.70. The number of aliphatic hydroxyl groups is 1. The Balaban J connectivity index is 0.00000176. The summed E-state index contributed by atoms with van der Waals surface area (Å²) in [7, 11) is 2.13. The zero-order valence-electron chi connectivity index (χ0n) is 12.9. The van der Waals surface area contributed by atoms with E-state index in [1.807, 2.05) is 12.1 Å². The number of nitrogens with zero attached hydrogens (tertiary/aromatic N) is 1. The molecule has 0 spiro atoms. The van der Waals surface area contributed by atoms with Crippen molar-refractivity contribution in [3.8, 4) is 0 Å². The third-order valence-corrected chi connectivity index (χ3v) is 4.57. The molecule has 2 aromatic carbocycles. The number of hydrogen-bond acceptors (Lipinski definition) is 2. The van der Waals surface area contributed by atoms with E-state index in [0.29, 0.717) is 0 Å². The van der Waals surface area contributed by atoms with Gasteiger partial charge in [0.15, 0.2) is 0 Å². The van der Waals surface area contributed by atoms with Crippen LogP contribution in [0.4, 0.5) is 0 Å². The fourth-order valence-electron chi connectivity index (χ4n) is 3.55. The third kappa shape index (κ3) is 3.52. The first-order chi connectivity index (χ1) is 10.3. The third-order valence-electron chi connectivity index (χ3n) is 4.57. The predicted molar refractivity (Wildman–Crippen MR) is 93.6 cm³/mol. The van der Waals surface area contributed by atoms with Crippen LogP contribution in [0.2, 0.25) is 0 Å². The lowest BCUT2D eigenvalue weighted by Gasteiger charge is -2.42. The molecule has 2 aromatic rings. The summed E-state index contributed by atoms with van der Waals surface area (Å²) in [5.41, 5.74) is 2.56. The van der Waals surface area contributed by atoms with Gasteiger partial charge in [0, 0.05) is 12.0 Å². The summed E-state index contributed by atoms with van der Waals surface area (Å²) >= 11 is 0. The van der Waals surface area contributed by atoms with Crippen molar-refractivity contribution in [1.29, 1.82) is 0 Å². The first-order valence-electron chi connectivity index (χ1n) is 7.75. The average Bonchev–Trinajstić information content (AvgIpc) is 2.53. The van der Waals surface area contributed by atoms with Gasteiger partial charge in [-0.1, -0.05) is 60.7 Å². The molecule has 22 heavy (non-hydrogen) atoms. The van der Waals surface area contributed by atoms with Gasteiger partial charge in [-0.2, -0.15) is 0 Å². The maximum absolute atomic E-state index is 10.6. The Bertz CT molecular complexity index is 511. The fourth-order valence-corrected chi connectivity index (χ4v) is 3.55. The topological polar surface area (TPSA) is 23.5 Å². The Kier molecular flexibility index (Phi) is 6.01. The lowest BCUT2D eigenvalue weighted by molar-refractivity contribution is 0.0171. The molecule has 2 unspecified atom stereocenters. The number of benzene rings is 2. The lowest BCUT2D eigenvalue weighted by Crippen LogP contribution is -2.49. The van der Waals surface area contributed by atoms with Gasteiger partial charge in [-0.15, -0.1) is 12.4 Å². The Morgan fingerprint density at radius 2 is 1.45 bits per heavy atom. The lowest BCUT2D eigenvalue weighted by atomic mass is 9.79. The maximum atomic E-state index is 10.6. The fraction of sp³-hybridized carbons (Fsp3) is 0.368. The van der Waals surface area contributed by atoms with Crippen LogP contribution in [-0.2, 0) is 0 Å². The summed E-state index contributed by atoms with van der Waals surface area (Å²) in [4.78, 5) is 2.32. The molecule has 3 rings (SSSR count). The molecule has 1 fully saturated rings. The molecule has 0 aliphatic carbocycles. The summed E-state index contributed by atoms with van der Waals surface area (Å²) < 4.78 is 0. The van der Waals surface area contributed by atoms with E-state index in [9.17, 15) is 5.11 Å². The standard InChI is InChI=1S/C19H23NO.ClH/c1-20-14-8-13-17(21)19(20)18(15-9-4-2-5-10-15)16-11-6-3-7-12-16;/h2-7,9-12,17-19,21H,8,13-14H2,1H3;1H. The monoisotopic (exact) mass is 317 g/mol. The summed E-state index contributed by atoms with van der Waals surface area (Å²) in [6.07, 6.45) is 1.70. The van der Waals surface area contributed by atoms with Gasteiger partial charge < -0.3 is 5.11 Å². The Morgan fingerprint density at radius 3 is 1.91 bits per heavy atom. The summed E-state index contributed by atoms with van der Waals surface area (Å²) in [5.74, 6) is 0.215. The number of aliphatic hydroxyl groups excluding tert-OH is 1. The van der Waals surface area contributed by atoms with Crippen molar-refractivity contribution in [1.82, 2.24) is 4.90 Å². The molecular weight excluding hydrogens is 294 g/mol. The Morgan fingerprint density at radius 1 is 0.955 bits per heavy atom. The molecule has 0 bridgehead atoms. The highest BCUT2D eigenvalue weighted by molar-refractivity contribution is 5.85. The molecule has 1 aliphatic heterocycles. The van der Waals surface area contributed by atoms with Gasteiger partial charge in [-0.3, -0.25) is 4.90 Å². The van der Waals surface area contributed by atoms with Crippen LogP contribution in [0.15, 0.2) is 60.7 Å². The van der Waals surface area contributed by atoms with Crippen molar-refractivity contribution in [2.24, 2.45) is 0 Å². The first-order valence-corrected chi connectivity index (χ1v) is 7.75. The van der Waals surface area contributed by atoms with Crippen LogP contribution in [-0.4, -0.2) is 35.7 Å². The second-order valence-electron chi connectivity index (χ2n) is 5.98. The first kappa shape index (κ1) is 17.0. The highest BCUT2D eigenvalue weighted by Crippen LogP contribution is 2.35. The van der Waals surface area contributed by atoms with Crippen LogP contribution in [0.1, 0.15) is 29.9 Å². The highest BCUT2D eigenvalue weighted by atomic mass is 35.5. The average molecular weight is 318 g/mol. The van der Waals surface area contributed by atoms with Crippen molar-refractivity contribution in [2.45, 2.75) is 30.9 Å². The van der Waals surface area contributed by atoms with Crippen molar-refractivity contribution >= 4 is 12.4 Å². The van der Waals surface area contributed by atoms with Crippen LogP contribution in [0.25, 0.3) is 0 Å². The largest absolute Gasteiger partial charge is 0.391 e. The van der Waals surface area contributed by atoms with Gasteiger partial charge >= 0.3 is 0 Å². The zero-order chi connectivity index (χ0) is 14.7. The molecule has 0 radical (unpaired) electrons. The molecule has 118 valence electrons. The molecular formula is C19H24ClNO. The molecule has 2 atom stereocenters. The SMILES string of the molecule is CN1CCCC(O)C1C(c1ccccc1)c1ccccc1.Cl. The van der Waals surface area contributed by atoms with E-state index < -0.39 is 0 Å². The molecule has 3 heteroatoms. The van der Waals surface area contributed by atoms with Crippen LogP contribution in [0.5, 0.6) is 0 Å². The molecule has 1 aliphatic rings. The Hall–Kier alpha value is -1.35. The van der Waals surface area contributed by atoms with Gasteiger partial charge in [0.1, 0.15) is 0 Å². The number of likely N-dealkylation sites (N-methyl/N-ethyl adjacent to an activating group) is 1. The number of rotatable bonds is 3. The van der Waals surface area contributed by atoms with Crippen LogP contribution in [0.3, 0.4) is 0 Å². The number of hydrogen-bond donors (Lipinski definition) is 1. The molecule has 2 nitrogen and oxygen atoms in total. The molecule has 0 aromatic heterocycles. The quantitative estimate of drug-likeness (QED) is 0.933. The molecule has 0 saturated carbocycles.